The summed E-state index contributed by atoms with van der Waals surface area (Å²) in [5.74, 6) is -1.96. The molecule has 0 saturated carbocycles. The number of carbonyl (C=O) groups excluding carboxylic acids is 4. The summed E-state index contributed by atoms with van der Waals surface area (Å²) in [6, 6.07) is 6.81. The summed E-state index contributed by atoms with van der Waals surface area (Å²) < 4.78 is 4.93. The van der Waals surface area contributed by atoms with Crippen molar-refractivity contribution < 1.29 is 23.9 Å². The summed E-state index contributed by atoms with van der Waals surface area (Å²) in [6.07, 6.45) is 1.98. The lowest BCUT2D eigenvalue weighted by molar-refractivity contribution is -0.153. The van der Waals surface area contributed by atoms with E-state index in [1.54, 1.807) is 29.2 Å². The third kappa shape index (κ3) is 3.29. The average Bonchev–Trinajstić information content (AvgIpc) is 3.11. The molecule has 0 aliphatic carbocycles. The van der Waals surface area contributed by atoms with Crippen LogP contribution in [0.1, 0.15) is 28.8 Å². The van der Waals surface area contributed by atoms with Gasteiger partial charge in [-0.1, -0.05) is 18.2 Å². The van der Waals surface area contributed by atoms with Crippen LogP contribution in [-0.4, -0.2) is 59.7 Å². The number of likely N-dealkylation sites (tertiary alicyclic amines) is 1. The van der Waals surface area contributed by atoms with E-state index in [9.17, 15) is 19.2 Å². The maximum Gasteiger partial charge on any atom is 0.326 e. The Morgan fingerprint density at radius 1 is 1.08 bits per heavy atom. The Bertz CT molecular complexity index is 694. The second-order valence-electron chi connectivity index (χ2n) is 5.87. The van der Waals surface area contributed by atoms with E-state index in [1.165, 1.54) is 0 Å². The third-order valence-corrected chi connectivity index (χ3v) is 4.24. The number of hydrogen-bond donors (Lipinski definition) is 0. The number of carbonyl (C=O) groups is 4. The van der Waals surface area contributed by atoms with Crippen LogP contribution in [0.5, 0.6) is 0 Å². The standard InChI is InChI=1S/C17H18N2O5/c20-14-9-12-5-1-2-6-13(12)17(23)19(14)10-16(22)24-11-15(21)18-7-3-4-8-18/h1-2,5-6H,3-4,7-11H2. The molecule has 3 amide bonds. The predicted molar refractivity (Wildman–Crippen MR) is 83.0 cm³/mol. The Kier molecular flexibility index (Phi) is 4.59. The number of hydrogen-bond acceptors (Lipinski definition) is 5. The van der Waals surface area contributed by atoms with E-state index in [0.29, 0.717) is 24.2 Å². The van der Waals surface area contributed by atoms with Crippen molar-refractivity contribution in [3.05, 3.63) is 35.4 Å². The Morgan fingerprint density at radius 3 is 2.54 bits per heavy atom. The van der Waals surface area contributed by atoms with E-state index in [2.05, 4.69) is 0 Å². The van der Waals surface area contributed by atoms with Gasteiger partial charge in [0.2, 0.25) is 5.91 Å². The molecule has 0 unspecified atom stereocenters. The van der Waals surface area contributed by atoms with Gasteiger partial charge in [-0.2, -0.15) is 0 Å². The summed E-state index contributed by atoms with van der Waals surface area (Å²) in [5, 5.41) is 0. The molecule has 1 aromatic rings. The average molecular weight is 330 g/mol. The molecule has 126 valence electrons. The molecule has 7 heteroatoms. The van der Waals surface area contributed by atoms with Crippen molar-refractivity contribution in [3.63, 3.8) is 0 Å². The number of fused-ring (bicyclic) bond motifs is 1. The van der Waals surface area contributed by atoms with Crippen LogP contribution in [0.25, 0.3) is 0 Å². The van der Waals surface area contributed by atoms with Gasteiger partial charge < -0.3 is 9.64 Å². The van der Waals surface area contributed by atoms with Crippen LogP contribution in [0.2, 0.25) is 0 Å². The number of benzene rings is 1. The van der Waals surface area contributed by atoms with Crippen molar-refractivity contribution in [2.75, 3.05) is 26.2 Å². The molecule has 24 heavy (non-hydrogen) atoms. The molecule has 0 aromatic heterocycles. The first kappa shape index (κ1) is 16.2. The molecule has 1 aromatic carbocycles. The second kappa shape index (κ2) is 6.82. The molecule has 0 atom stereocenters. The molecule has 0 spiro atoms. The quantitative estimate of drug-likeness (QED) is 0.588. The zero-order chi connectivity index (χ0) is 17.1. The fraction of sp³-hybridized carbons (Fsp3) is 0.412. The van der Waals surface area contributed by atoms with E-state index >= 15 is 0 Å². The van der Waals surface area contributed by atoms with E-state index in [4.69, 9.17) is 4.74 Å². The van der Waals surface area contributed by atoms with Gasteiger partial charge in [-0.15, -0.1) is 0 Å². The van der Waals surface area contributed by atoms with Crippen LogP contribution in [0.3, 0.4) is 0 Å². The SMILES string of the molecule is O=C(CN1C(=O)Cc2ccccc2C1=O)OCC(=O)N1CCCC1. The van der Waals surface area contributed by atoms with Crippen LogP contribution >= 0.6 is 0 Å². The van der Waals surface area contributed by atoms with E-state index in [0.717, 1.165) is 17.7 Å². The van der Waals surface area contributed by atoms with Crippen LogP contribution in [0.4, 0.5) is 0 Å². The number of amides is 3. The van der Waals surface area contributed by atoms with Crippen molar-refractivity contribution in [1.29, 1.82) is 0 Å². The first-order chi connectivity index (χ1) is 11.6. The van der Waals surface area contributed by atoms with Crippen LogP contribution in [-0.2, 0) is 25.5 Å². The fourth-order valence-electron chi connectivity index (χ4n) is 2.93. The highest BCUT2D eigenvalue weighted by Crippen LogP contribution is 2.19. The highest BCUT2D eigenvalue weighted by Gasteiger charge is 2.32. The summed E-state index contributed by atoms with van der Waals surface area (Å²) in [4.78, 5) is 50.7. The molecule has 0 bridgehead atoms. The van der Waals surface area contributed by atoms with Crippen molar-refractivity contribution >= 4 is 23.7 Å². The molecular weight excluding hydrogens is 312 g/mol. The summed E-state index contributed by atoms with van der Waals surface area (Å²) in [7, 11) is 0. The Labute approximate surface area is 139 Å². The minimum absolute atomic E-state index is 0.0713. The van der Waals surface area contributed by atoms with E-state index < -0.39 is 24.3 Å². The molecule has 1 saturated heterocycles. The van der Waals surface area contributed by atoms with Gasteiger partial charge >= 0.3 is 5.97 Å². The van der Waals surface area contributed by atoms with Gasteiger partial charge in [0.05, 0.1) is 6.42 Å². The normalized spacial score (nSPS) is 17.0. The van der Waals surface area contributed by atoms with Crippen molar-refractivity contribution in [3.8, 4) is 0 Å². The van der Waals surface area contributed by atoms with Gasteiger partial charge in [-0.3, -0.25) is 24.1 Å². The molecule has 3 rings (SSSR count). The largest absolute Gasteiger partial charge is 0.454 e. The Balaban J connectivity index is 1.57. The molecule has 2 aliphatic rings. The lowest BCUT2D eigenvalue weighted by Gasteiger charge is -2.26. The van der Waals surface area contributed by atoms with Crippen molar-refractivity contribution in [2.24, 2.45) is 0 Å². The zero-order valence-corrected chi connectivity index (χ0v) is 13.2. The number of imide groups is 1. The summed E-state index contributed by atoms with van der Waals surface area (Å²) in [5.41, 5.74) is 1.07. The van der Waals surface area contributed by atoms with Crippen LogP contribution < -0.4 is 0 Å². The first-order valence-electron chi connectivity index (χ1n) is 7.92. The molecule has 2 heterocycles. The van der Waals surface area contributed by atoms with Crippen LogP contribution in [0, 0.1) is 0 Å². The van der Waals surface area contributed by atoms with Crippen molar-refractivity contribution in [2.45, 2.75) is 19.3 Å². The minimum atomic E-state index is -0.761. The number of rotatable bonds is 4. The highest BCUT2D eigenvalue weighted by atomic mass is 16.5. The maximum atomic E-state index is 12.3. The van der Waals surface area contributed by atoms with Gasteiger partial charge in [0, 0.05) is 18.7 Å². The van der Waals surface area contributed by atoms with E-state index in [1.807, 2.05) is 0 Å². The Hall–Kier alpha value is -2.70. The monoisotopic (exact) mass is 330 g/mol. The minimum Gasteiger partial charge on any atom is -0.454 e. The van der Waals surface area contributed by atoms with Gasteiger partial charge in [0.25, 0.3) is 11.8 Å². The molecule has 7 nitrogen and oxygen atoms in total. The van der Waals surface area contributed by atoms with Gasteiger partial charge in [0.15, 0.2) is 6.61 Å². The smallest absolute Gasteiger partial charge is 0.326 e. The molecule has 2 aliphatic heterocycles. The van der Waals surface area contributed by atoms with Crippen LogP contribution in [0.15, 0.2) is 24.3 Å². The second-order valence-corrected chi connectivity index (χ2v) is 5.87. The molecule has 1 fully saturated rings. The lowest BCUT2D eigenvalue weighted by Crippen LogP contribution is -2.45. The maximum absolute atomic E-state index is 12.3. The van der Waals surface area contributed by atoms with Gasteiger partial charge in [-0.25, -0.2) is 0 Å². The van der Waals surface area contributed by atoms with Gasteiger partial charge in [-0.05, 0) is 24.5 Å². The zero-order valence-electron chi connectivity index (χ0n) is 13.2. The van der Waals surface area contributed by atoms with Gasteiger partial charge in [0.1, 0.15) is 6.54 Å². The highest BCUT2D eigenvalue weighted by molar-refractivity contribution is 6.11. The third-order valence-electron chi connectivity index (χ3n) is 4.24. The predicted octanol–water partition coefficient (Wildman–Crippen LogP) is 0.377. The summed E-state index contributed by atoms with van der Waals surface area (Å²) >= 11 is 0. The number of esters is 1. The topological polar surface area (TPSA) is 84.0 Å². The number of nitrogens with zero attached hydrogens (tertiary/aromatic N) is 2. The first-order valence-corrected chi connectivity index (χ1v) is 7.92. The fourth-order valence-corrected chi connectivity index (χ4v) is 2.93. The molecular formula is C17H18N2O5. The Morgan fingerprint density at radius 2 is 1.79 bits per heavy atom. The molecule has 0 N–H and O–H groups in total. The lowest BCUT2D eigenvalue weighted by atomic mass is 9.98. The number of ether oxygens (including phenoxy) is 1. The molecule has 0 radical (unpaired) electrons. The van der Waals surface area contributed by atoms with E-state index in [-0.39, 0.29) is 18.9 Å². The summed E-state index contributed by atoms with van der Waals surface area (Å²) in [6.45, 7) is 0.525. The van der Waals surface area contributed by atoms with Crippen molar-refractivity contribution in [1.82, 2.24) is 9.80 Å².